The molecule has 1 heterocycles. The molecular formula is C12H12N2S. The second kappa shape index (κ2) is 4.84. The van der Waals surface area contributed by atoms with Gasteiger partial charge in [-0.05, 0) is 30.3 Å². The molecule has 3 heteroatoms. The van der Waals surface area contributed by atoms with Gasteiger partial charge in [-0.2, -0.15) is 0 Å². The molecule has 0 saturated carbocycles. The molecule has 1 aromatic carbocycles. The van der Waals surface area contributed by atoms with E-state index in [2.05, 4.69) is 29.2 Å². The van der Waals surface area contributed by atoms with E-state index < -0.39 is 0 Å². The summed E-state index contributed by atoms with van der Waals surface area (Å²) in [6.45, 7) is 0.886. The minimum atomic E-state index is 0.647. The molecule has 0 radical (unpaired) electrons. The van der Waals surface area contributed by atoms with Gasteiger partial charge in [0.15, 0.2) is 4.77 Å². The largest absolute Gasteiger partial charge is 0.323 e. The molecule has 0 amide bonds. The molecular weight excluding hydrogens is 204 g/mol. The second-order valence-corrected chi connectivity index (χ2v) is 3.70. The first-order valence-corrected chi connectivity index (χ1v) is 5.32. The molecule has 15 heavy (non-hydrogen) atoms. The van der Waals surface area contributed by atoms with Gasteiger partial charge in [0.05, 0.1) is 0 Å². The van der Waals surface area contributed by atoms with Crippen LogP contribution in [0.2, 0.25) is 0 Å². The summed E-state index contributed by atoms with van der Waals surface area (Å²) in [5, 5.41) is 0. The van der Waals surface area contributed by atoms with E-state index in [9.17, 15) is 0 Å². The van der Waals surface area contributed by atoms with Crippen molar-refractivity contribution in [3.63, 3.8) is 0 Å². The first kappa shape index (κ1) is 10.1. The summed E-state index contributed by atoms with van der Waals surface area (Å²) >= 11 is 5.12. The maximum Gasteiger partial charge on any atom is 0.199 e. The zero-order valence-corrected chi connectivity index (χ0v) is 9.15. The Morgan fingerprint density at radius 2 is 1.93 bits per heavy atom. The molecule has 0 N–H and O–H groups in total. The van der Waals surface area contributed by atoms with Gasteiger partial charge in [-0.3, -0.25) is 0 Å². The molecule has 0 saturated heterocycles. The normalized spacial score (nSPS) is 10.1. The van der Waals surface area contributed by atoms with E-state index in [1.54, 1.807) is 6.20 Å². The van der Waals surface area contributed by atoms with Crippen LogP contribution in [0.1, 0.15) is 5.56 Å². The van der Waals surface area contributed by atoms with E-state index in [-0.39, 0.29) is 0 Å². The van der Waals surface area contributed by atoms with Crippen LogP contribution in [0.25, 0.3) is 0 Å². The molecule has 2 rings (SSSR count). The fraction of sp³-hybridized carbons (Fsp3) is 0.167. The molecule has 0 aliphatic carbocycles. The van der Waals surface area contributed by atoms with E-state index in [0.29, 0.717) is 4.77 Å². The molecule has 1 aromatic heterocycles. The second-order valence-electron chi connectivity index (χ2n) is 3.33. The fourth-order valence-corrected chi connectivity index (χ4v) is 1.66. The Bertz CT molecular complexity index is 476. The lowest BCUT2D eigenvalue weighted by Crippen LogP contribution is -2.03. The highest BCUT2D eigenvalue weighted by atomic mass is 32.1. The minimum Gasteiger partial charge on any atom is -0.323 e. The number of hydrogen-bond donors (Lipinski definition) is 0. The topological polar surface area (TPSA) is 17.8 Å². The van der Waals surface area contributed by atoms with Crippen molar-refractivity contribution in [1.82, 2.24) is 9.55 Å². The lowest BCUT2D eigenvalue weighted by molar-refractivity contribution is 0.666. The summed E-state index contributed by atoms with van der Waals surface area (Å²) in [6.07, 6.45) is 4.68. The van der Waals surface area contributed by atoms with Crippen LogP contribution in [0.15, 0.2) is 48.8 Å². The summed E-state index contributed by atoms with van der Waals surface area (Å²) in [7, 11) is 0. The standard InChI is InChI=1S/C12H12N2S/c15-12-13-8-4-9-14(12)10-7-11-5-2-1-3-6-11/h1-6,8-9H,7,10H2. The van der Waals surface area contributed by atoms with E-state index >= 15 is 0 Å². The first-order chi connectivity index (χ1) is 7.36. The average Bonchev–Trinajstić information content (AvgIpc) is 2.29. The molecule has 0 bridgehead atoms. The van der Waals surface area contributed by atoms with E-state index in [1.807, 2.05) is 22.9 Å². The molecule has 2 aromatic rings. The SMILES string of the molecule is S=c1ncccn1CCc1ccccc1. The van der Waals surface area contributed by atoms with Crippen LogP contribution in [0.5, 0.6) is 0 Å². The minimum absolute atomic E-state index is 0.647. The summed E-state index contributed by atoms with van der Waals surface area (Å²) in [5.41, 5.74) is 1.32. The molecule has 0 atom stereocenters. The summed E-state index contributed by atoms with van der Waals surface area (Å²) in [4.78, 5) is 4.07. The Balaban J connectivity index is 2.06. The van der Waals surface area contributed by atoms with Crippen LogP contribution in [-0.2, 0) is 13.0 Å². The third kappa shape index (κ3) is 2.73. The highest BCUT2D eigenvalue weighted by molar-refractivity contribution is 7.71. The van der Waals surface area contributed by atoms with Crippen molar-refractivity contribution in [1.29, 1.82) is 0 Å². The number of aryl methyl sites for hydroxylation is 2. The first-order valence-electron chi connectivity index (χ1n) is 4.91. The molecule has 76 valence electrons. The molecule has 0 spiro atoms. The van der Waals surface area contributed by atoms with Gasteiger partial charge in [-0.25, -0.2) is 4.98 Å². The Kier molecular flexibility index (Phi) is 3.25. The van der Waals surface area contributed by atoms with Gasteiger partial charge in [0.2, 0.25) is 0 Å². The van der Waals surface area contributed by atoms with Gasteiger partial charge < -0.3 is 4.57 Å². The van der Waals surface area contributed by atoms with Crippen LogP contribution in [0.3, 0.4) is 0 Å². The average molecular weight is 216 g/mol. The van der Waals surface area contributed by atoms with Gasteiger partial charge in [-0.15, -0.1) is 0 Å². The van der Waals surface area contributed by atoms with Crippen molar-refractivity contribution in [2.45, 2.75) is 13.0 Å². The summed E-state index contributed by atoms with van der Waals surface area (Å²) in [5.74, 6) is 0. The Morgan fingerprint density at radius 3 is 2.67 bits per heavy atom. The summed E-state index contributed by atoms with van der Waals surface area (Å²) in [6, 6.07) is 12.3. The van der Waals surface area contributed by atoms with Gasteiger partial charge >= 0.3 is 0 Å². The van der Waals surface area contributed by atoms with E-state index in [4.69, 9.17) is 12.2 Å². The third-order valence-corrected chi connectivity index (χ3v) is 2.61. The number of benzene rings is 1. The third-order valence-electron chi connectivity index (χ3n) is 2.27. The van der Waals surface area contributed by atoms with E-state index in [0.717, 1.165) is 13.0 Å². The number of aromatic nitrogens is 2. The molecule has 2 nitrogen and oxygen atoms in total. The smallest absolute Gasteiger partial charge is 0.199 e. The monoisotopic (exact) mass is 216 g/mol. The van der Waals surface area contributed by atoms with Gasteiger partial charge in [0, 0.05) is 18.9 Å². The zero-order chi connectivity index (χ0) is 10.5. The predicted molar refractivity (Wildman–Crippen MR) is 63.2 cm³/mol. The molecule has 0 aliphatic heterocycles. The summed E-state index contributed by atoms with van der Waals surface area (Å²) < 4.78 is 2.64. The highest BCUT2D eigenvalue weighted by Gasteiger charge is 1.94. The fourth-order valence-electron chi connectivity index (χ4n) is 1.45. The van der Waals surface area contributed by atoms with Crippen LogP contribution in [0.4, 0.5) is 0 Å². The van der Waals surface area contributed by atoms with Crippen LogP contribution in [0, 0.1) is 4.77 Å². The lowest BCUT2D eigenvalue weighted by atomic mass is 10.1. The maximum absolute atomic E-state index is 5.12. The Hall–Kier alpha value is -1.48. The lowest BCUT2D eigenvalue weighted by Gasteiger charge is -2.05. The Labute approximate surface area is 94.2 Å². The van der Waals surface area contributed by atoms with Gasteiger partial charge in [-0.1, -0.05) is 30.3 Å². The molecule has 0 fully saturated rings. The van der Waals surface area contributed by atoms with Crippen molar-refractivity contribution < 1.29 is 0 Å². The Morgan fingerprint density at radius 1 is 1.13 bits per heavy atom. The number of rotatable bonds is 3. The molecule has 0 unspecified atom stereocenters. The van der Waals surface area contributed by atoms with Crippen molar-refractivity contribution in [2.24, 2.45) is 0 Å². The quantitative estimate of drug-likeness (QED) is 0.734. The van der Waals surface area contributed by atoms with E-state index in [1.165, 1.54) is 5.56 Å². The van der Waals surface area contributed by atoms with Crippen LogP contribution >= 0.6 is 12.2 Å². The number of nitrogens with zero attached hydrogens (tertiary/aromatic N) is 2. The van der Waals surface area contributed by atoms with Gasteiger partial charge in [0.25, 0.3) is 0 Å². The number of hydrogen-bond acceptors (Lipinski definition) is 2. The van der Waals surface area contributed by atoms with Gasteiger partial charge in [0.1, 0.15) is 0 Å². The van der Waals surface area contributed by atoms with Crippen molar-refractivity contribution >= 4 is 12.2 Å². The predicted octanol–water partition coefficient (Wildman–Crippen LogP) is 2.86. The highest BCUT2D eigenvalue weighted by Crippen LogP contribution is 2.01. The van der Waals surface area contributed by atoms with Crippen LogP contribution in [-0.4, -0.2) is 9.55 Å². The maximum atomic E-state index is 5.12. The van der Waals surface area contributed by atoms with Crippen LogP contribution < -0.4 is 0 Å². The molecule has 0 aliphatic rings. The van der Waals surface area contributed by atoms with Crippen molar-refractivity contribution in [3.8, 4) is 0 Å². The van der Waals surface area contributed by atoms with Crippen molar-refractivity contribution in [2.75, 3.05) is 0 Å². The zero-order valence-electron chi connectivity index (χ0n) is 8.34. The van der Waals surface area contributed by atoms with Crippen molar-refractivity contribution in [3.05, 3.63) is 59.1 Å².